The molecule has 0 bridgehead atoms. The molecular formula is C34H30F3N5O7. The Morgan fingerprint density at radius 3 is 2.55 bits per heavy atom. The lowest BCUT2D eigenvalue weighted by atomic mass is 10.1. The maximum absolute atomic E-state index is 15.2. The van der Waals surface area contributed by atoms with Crippen LogP contribution in [-0.2, 0) is 4.74 Å². The monoisotopic (exact) mass is 677 g/mol. The topological polar surface area (TPSA) is 140 Å². The number of nitrogens with one attached hydrogen (secondary N) is 1. The molecule has 0 spiro atoms. The van der Waals surface area contributed by atoms with Gasteiger partial charge in [-0.3, -0.25) is 24.7 Å². The predicted octanol–water partition coefficient (Wildman–Crippen LogP) is 4.85. The first-order valence-electron chi connectivity index (χ1n) is 15.2. The van der Waals surface area contributed by atoms with E-state index >= 15 is 4.39 Å². The number of aromatic nitrogens is 3. The molecular weight excluding hydrogens is 647 g/mol. The van der Waals surface area contributed by atoms with Crippen molar-refractivity contribution in [1.29, 1.82) is 0 Å². The molecule has 3 aromatic carbocycles. The van der Waals surface area contributed by atoms with Crippen molar-refractivity contribution >= 4 is 22.8 Å². The maximum Gasteiger partial charge on any atom is 0.335 e. The second kappa shape index (κ2) is 14.6. The van der Waals surface area contributed by atoms with Crippen LogP contribution in [-0.4, -0.2) is 77.3 Å². The van der Waals surface area contributed by atoms with Gasteiger partial charge in [0.05, 0.1) is 43.8 Å². The molecule has 254 valence electrons. The summed E-state index contributed by atoms with van der Waals surface area (Å²) in [6.07, 6.45) is 3.22. The molecule has 15 heteroatoms. The second-order valence-electron chi connectivity index (χ2n) is 10.9. The number of ether oxygens (including phenoxy) is 4. The van der Waals surface area contributed by atoms with Crippen LogP contribution in [0.25, 0.3) is 16.6 Å². The van der Waals surface area contributed by atoms with Crippen molar-refractivity contribution in [2.45, 2.75) is 6.42 Å². The lowest BCUT2D eigenvalue weighted by molar-refractivity contribution is 0.0357. The average molecular weight is 678 g/mol. The fourth-order valence-electron chi connectivity index (χ4n) is 5.24. The van der Waals surface area contributed by atoms with Gasteiger partial charge in [-0.2, -0.15) is 0 Å². The highest BCUT2D eigenvalue weighted by Crippen LogP contribution is 2.38. The van der Waals surface area contributed by atoms with Crippen LogP contribution in [0.3, 0.4) is 0 Å². The number of hydrogen-bond acceptors (Lipinski definition) is 10. The van der Waals surface area contributed by atoms with Crippen molar-refractivity contribution in [2.75, 3.05) is 46.6 Å². The van der Waals surface area contributed by atoms with Crippen LogP contribution in [0.1, 0.15) is 12.0 Å². The summed E-state index contributed by atoms with van der Waals surface area (Å²) in [7, 11) is 1.51. The van der Waals surface area contributed by atoms with Crippen LogP contribution >= 0.6 is 0 Å². The van der Waals surface area contributed by atoms with Crippen molar-refractivity contribution in [3.8, 4) is 34.6 Å². The highest BCUT2D eigenvalue weighted by molar-refractivity contribution is 5.88. The van der Waals surface area contributed by atoms with Gasteiger partial charge in [-0.1, -0.05) is 0 Å². The van der Waals surface area contributed by atoms with E-state index < -0.39 is 45.8 Å². The number of H-pyrrole nitrogens is 1. The molecule has 0 saturated carbocycles. The zero-order valence-electron chi connectivity index (χ0n) is 26.1. The number of benzene rings is 3. The predicted molar refractivity (Wildman–Crippen MR) is 174 cm³/mol. The molecule has 1 aliphatic heterocycles. The molecule has 0 atom stereocenters. The standard InChI is InChI=1S/C34H30F3N5O7/c1-46-30-17-22-26(18-31(30)48-12-2-9-41-10-13-47-14-11-41)38-8-7-28(22)49-29-6-4-21(16-25(29)37)39-19-23-32(43)40-34(45)42(33(23)44)27-5-3-20(35)15-24(27)36/h3-8,15-19,44H,2,9-14H2,1H3,(H,40,43,45). The van der Waals surface area contributed by atoms with Crippen molar-refractivity contribution < 1.29 is 37.2 Å². The third-order valence-electron chi connectivity index (χ3n) is 7.72. The van der Waals surface area contributed by atoms with E-state index in [2.05, 4.69) is 14.9 Å². The number of aliphatic imine (C=N–C) groups is 1. The van der Waals surface area contributed by atoms with E-state index in [0.717, 1.165) is 63.7 Å². The van der Waals surface area contributed by atoms with Crippen LogP contribution in [0.15, 0.2) is 75.4 Å². The SMILES string of the molecule is COc1cc2c(Oc3ccc(N=Cc4c(O)n(-c5ccc(F)cc5F)c(=O)[nH]c4=O)cc3F)ccnc2cc1OCCCN1CCOCC1. The van der Waals surface area contributed by atoms with E-state index in [1.54, 1.807) is 18.2 Å². The lowest BCUT2D eigenvalue weighted by Crippen LogP contribution is -2.37. The number of morpholine rings is 1. The summed E-state index contributed by atoms with van der Waals surface area (Å²) in [4.78, 5) is 37.5. The quantitative estimate of drug-likeness (QED) is 0.148. The first kappa shape index (κ1) is 33.2. The molecule has 1 fully saturated rings. The second-order valence-corrected chi connectivity index (χ2v) is 10.9. The first-order chi connectivity index (χ1) is 23.7. The number of aromatic amines is 1. The van der Waals surface area contributed by atoms with Gasteiger partial charge in [-0.05, 0) is 42.8 Å². The number of rotatable bonds is 11. The van der Waals surface area contributed by atoms with E-state index in [4.69, 9.17) is 18.9 Å². The van der Waals surface area contributed by atoms with E-state index in [1.165, 1.54) is 25.4 Å². The molecule has 1 aliphatic rings. The van der Waals surface area contributed by atoms with E-state index in [9.17, 15) is 23.5 Å². The summed E-state index contributed by atoms with van der Waals surface area (Å²) < 4.78 is 66.3. The molecule has 3 heterocycles. The van der Waals surface area contributed by atoms with E-state index in [-0.39, 0.29) is 11.4 Å². The summed E-state index contributed by atoms with van der Waals surface area (Å²) in [5.74, 6) is -2.70. The molecule has 0 amide bonds. The smallest absolute Gasteiger partial charge is 0.335 e. The van der Waals surface area contributed by atoms with Crippen molar-refractivity contribution in [2.24, 2.45) is 4.99 Å². The maximum atomic E-state index is 15.2. The highest BCUT2D eigenvalue weighted by atomic mass is 19.1. The number of nitrogens with zero attached hydrogens (tertiary/aromatic N) is 4. The van der Waals surface area contributed by atoms with Crippen molar-refractivity contribution in [3.05, 3.63) is 105 Å². The molecule has 2 N–H and O–H groups in total. The lowest BCUT2D eigenvalue weighted by Gasteiger charge is -2.26. The van der Waals surface area contributed by atoms with Crippen LogP contribution in [0.4, 0.5) is 18.9 Å². The number of hydrogen-bond donors (Lipinski definition) is 2. The van der Waals surface area contributed by atoms with Gasteiger partial charge in [0.2, 0.25) is 5.88 Å². The number of halogens is 3. The number of fused-ring (bicyclic) bond motifs is 1. The molecule has 0 aliphatic carbocycles. The molecule has 49 heavy (non-hydrogen) atoms. The van der Waals surface area contributed by atoms with Gasteiger partial charge in [-0.15, -0.1) is 0 Å². The third kappa shape index (κ3) is 7.42. The van der Waals surface area contributed by atoms with Crippen molar-refractivity contribution in [3.63, 3.8) is 0 Å². The van der Waals surface area contributed by atoms with Gasteiger partial charge in [0.25, 0.3) is 5.56 Å². The zero-order chi connectivity index (χ0) is 34.5. The van der Waals surface area contributed by atoms with Crippen LogP contribution in [0, 0.1) is 17.5 Å². The summed E-state index contributed by atoms with van der Waals surface area (Å²) >= 11 is 0. The van der Waals surface area contributed by atoms with Crippen LogP contribution in [0.5, 0.6) is 28.9 Å². The number of pyridine rings is 1. The Morgan fingerprint density at radius 2 is 1.80 bits per heavy atom. The molecule has 0 unspecified atom stereocenters. The van der Waals surface area contributed by atoms with Crippen LogP contribution < -0.4 is 25.5 Å². The van der Waals surface area contributed by atoms with Crippen LogP contribution in [0.2, 0.25) is 0 Å². The molecule has 0 radical (unpaired) electrons. The third-order valence-corrected chi connectivity index (χ3v) is 7.72. The van der Waals surface area contributed by atoms with Gasteiger partial charge in [0, 0.05) is 55.6 Å². The Balaban J connectivity index is 1.19. The summed E-state index contributed by atoms with van der Waals surface area (Å²) in [5, 5.41) is 11.2. The Kier molecular flexibility index (Phi) is 9.92. The zero-order valence-corrected chi connectivity index (χ0v) is 26.1. The summed E-state index contributed by atoms with van der Waals surface area (Å²) in [6, 6.07) is 11.0. The highest BCUT2D eigenvalue weighted by Gasteiger charge is 2.18. The molecule has 1 saturated heterocycles. The minimum absolute atomic E-state index is 0.0195. The molecule has 2 aromatic heterocycles. The Hall–Kier alpha value is -5.67. The van der Waals surface area contributed by atoms with Gasteiger partial charge in [0.15, 0.2) is 23.1 Å². The molecule has 6 rings (SSSR count). The first-order valence-corrected chi connectivity index (χ1v) is 15.2. The van der Waals surface area contributed by atoms with Crippen molar-refractivity contribution in [1.82, 2.24) is 19.4 Å². The molecule has 5 aromatic rings. The van der Waals surface area contributed by atoms with Gasteiger partial charge < -0.3 is 24.1 Å². The minimum Gasteiger partial charge on any atom is -0.493 e. The number of methoxy groups -OCH3 is 1. The fourth-order valence-corrected chi connectivity index (χ4v) is 5.24. The van der Waals surface area contributed by atoms with Gasteiger partial charge in [-0.25, -0.2) is 22.5 Å². The van der Waals surface area contributed by atoms with Gasteiger partial charge >= 0.3 is 5.69 Å². The Bertz CT molecular complexity index is 2150. The Morgan fingerprint density at radius 1 is 0.980 bits per heavy atom. The summed E-state index contributed by atoms with van der Waals surface area (Å²) in [6.45, 7) is 4.62. The number of aromatic hydroxyl groups is 1. The normalized spacial score (nSPS) is 13.6. The summed E-state index contributed by atoms with van der Waals surface area (Å²) in [5.41, 5.74) is -2.68. The Labute approximate surface area is 276 Å². The van der Waals surface area contributed by atoms with Gasteiger partial charge in [0.1, 0.15) is 22.9 Å². The van der Waals surface area contributed by atoms with E-state index in [1.807, 2.05) is 4.98 Å². The average Bonchev–Trinajstić information content (AvgIpc) is 3.08. The minimum atomic E-state index is -1.16. The fraction of sp³-hybridized carbons (Fsp3) is 0.235. The van der Waals surface area contributed by atoms with E-state index in [0.29, 0.717) is 45.4 Å². The largest absolute Gasteiger partial charge is 0.493 e. The molecule has 12 nitrogen and oxygen atoms in total.